The van der Waals surface area contributed by atoms with Crippen molar-refractivity contribution in [3.8, 4) is 11.6 Å². The topological polar surface area (TPSA) is 55.1 Å². The number of rotatable bonds is 3. The number of ketones is 1. The Balaban J connectivity index is 0.00000363. The Morgan fingerprint density at radius 2 is 1.38 bits per heavy atom. The number of carbonyl (C=O) groups is 1. The Bertz CT molecular complexity index is 1190. The van der Waals surface area contributed by atoms with Crippen molar-refractivity contribution in [3.05, 3.63) is 75.0 Å². The van der Waals surface area contributed by atoms with E-state index < -0.39 is 57.9 Å². The zero-order valence-corrected chi connectivity index (χ0v) is 19.8. The predicted octanol–water partition coefficient (Wildman–Crippen LogP) is 5.31. The normalized spacial score (nSPS) is 11.4. The summed E-state index contributed by atoms with van der Waals surface area (Å²) in [6.45, 7) is 4.36. The van der Waals surface area contributed by atoms with Crippen LogP contribution >= 0.6 is 0 Å². The first kappa shape index (κ1) is 25.5. The van der Waals surface area contributed by atoms with Gasteiger partial charge in [0.1, 0.15) is 16.8 Å². The van der Waals surface area contributed by atoms with E-state index in [4.69, 9.17) is 0 Å². The number of carbonyl (C=O) groups excluding carboxylic acids is 1. The quantitative estimate of drug-likeness (QED) is 0.225. The molecule has 1 aromatic heterocycles. The van der Waals surface area contributed by atoms with Crippen molar-refractivity contribution >= 4 is 5.78 Å². The molecule has 4 nitrogen and oxygen atoms in total. The van der Waals surface area contributed by atoms with E-state index in [0.717, 1.165) is 0 Å². The Kier molecular flexibility index (Phi) is 6.90. The van der Waals surface area contributed by atoms with Crippen LogP contribution in [0.5, 0.6) is 5.88 Å². The Labute approximate surface area is 189 Å². The summed E-state index contributed by atoms with van der Waals surface area (Å²) in [5, 5.41) is 13.9. The van der Waals surface area contributed by atoms with Gasteiger partial charge in [-0.25, -0.2) is 17.6 Å². The SMILES string of the molecule is Cc1cccc(C)c1C(=O)c1c(C)nn(-c2c(F)c(F)c(C(F)(F)F)c(F)c2F)c1O.[Zn]. The molecule has 0 radical (unpaired) electrons. The van der Waals surface area contributed by atoms with Crippen LogP contribution in [0.4, 0.5) is 30.7 Å². The second-order valence-electron chi connectivity index (χ2n) is 6.77. The molecule has 0 saturated carbocycles. The molecule has 3 rings (SSSR count). The first-order valence-corrected chi connectivity index (χ1v) is 8.62. The number of benzene rings is 2. The van der Waals surface area contributed by atoms with Crippen molar-refractivity contribution in [2.75, 3.05) is 0 Å². The summed E-state index contributed by atoms with van der Waals surface area (Å²) in [4.78, 5) is 13.0. The zero-order valence-electron chi connectivity index (χ0n) is 16.8. The summed E-state index contributed by atoms with van der Waals surface area (Å²) in [6.07, 6.45) is -5.72. The molecule has 166 valence electrons. The fourth-order valence-electron chi connectivity index (χ4n) is 3.29. The second-order valence-corrected chi connectivity index (χ2v) is 6.77. The van der Waals surface area contributed by atoms with Gasteiger partial charge in [-0.3, -0.25) is 4.79 Å². The van der Waals surface area contributed by atoms with Gasteiger partial charge in [-0.05, 0) is 31.9 Å². The van der Waals surface area contributed by atoms with Crippen molar-refractivity contribution in [2.24, 2.45) is 0 Å². The van der Waals surface area contributed by atoms with Gasteiger partial charge in [-0.1, -0.05) is 18.2 Å². The number of nitrogens with zero attached hydrogens (tertiary/aromatic N) is 2. The minimum absolute atomic E-state index is 0. The fraction of sp³-hybridized carbons (Fsp3) is 0.200. The molecule has 0 unspecified atom stereocenters. The molecule has 2 aromatic carbocycles. The maximum absolute atomic E-state index is 14.4. The molecule has 0 saturated heterocycles. The second kappa shape index (κ2) is 8.65. The smallest absolute Gasteiger partial charge is 0.422 e. The van der Waals surface area contributed by atoms with Crippen molar-refractivity contribution in [2.45, 2.75) is 26.9 Å². The summed E-state index contributed by atoms with van der Waals surface area (Å²) in [5.41, 5.74) is -4.15. The van der Waals surface area contributed by atoms with Gasteiger partial charge in [0.05, 0.1) is 5.69 Å². The Morgan fingerprint density at radius 3 is 1.81 bits per heavy atom. The molecular weight excluding hydrogens is 499 g/mol. The van der Waals surface area contributed by atoms with Gasteiger partial charge < -0.3 is 5.11 Å². The molecule has 0 aliphatic carbocycles. The molecule has 1 heterocycles. The molecule has 0 aliphatic rings. The Morgan fingerprint density at radius 1 is 0.906 bits per heavy atom. The standard InChI is InChI=1S/C20H13F7N2O2.Zn/c1-7-5-4-6-8(2)10(7)18(30)11-9(3)28-29(19(11)31)17-15(23)13(21)12(20(25,26)27)14(22)16(17)24;/h4-6,31H,1-3H3;. The number of halogens is 7. The summed E-state index contributed by atoms with van der Waals surface area (Å²) < 4.78 is 95.0. The van der Waals surface area contributed by atoms with Crippen LogP contribution in [-0.2, 0) is 25.7 Å². The van der Waals surface area contributed by atoms with Gasteiger partial charge >= 0.3 is 6.18 Å². The molecule has 0 amide bonds. The molecule has 0 atom stereocenters. The van der Waals surface area contributed by atoms with Crippen LogP contribution in [-0.4, -0.2) is 20.7 Å². The third-order valence-electron chi connectivity index (χ3n) is 4.71. The van der Waals surface area contributed by atoms with Crippen LogP contribution in [0.1, 0.15) is 38.3 Å². The average Bonchev–Trinajstić information content (AvgIpc) is 2.93. The molecule has 0 bridgehead atoms. The molecular formula is C20H13F7N2O2Zn. The van der Waals surface area contributed by atoms with E-state index in [0.29, 0.717) is 11.1 Å². The fourth-order valence-corrected chi connectivity index (χ4v) is 3.29. The van der Waals surface area contributed by atoms with E-state index in [1.165, 1.54) is 6.92 Å². The van der Waals surface area contributed by atoms with Gasteiger partial charge in [-0.15, -0.1) is 0 Å². The monoisotopic (exact) mass is 510 g/mol. The summed E-state index contributed by atoms with van der Waals surface area (Å²) >= 11 is 0. The number of aromatic nitrogens is 2. The van der Waals surface area contributed by atoms with Crippen molar-refractivity contribution in [1.82, 2.24) is 9.78 Å². The maximum atomic E-state index is 14.4. The molecule has 0 spiro atoms. The third kappa shape index (κ3) is 3.92. The van der Waals surface area contributed by atoms with Crippen LogP contribution in [0, 0.1) is 44.0 Å². The van der Waals surface area contributed by atoms with Crippen LogP contribution < -0.4 is 0 Å². The summed E-state index contributed by atoms with van der Waals surface area (Å²) in [6, 6.07) is 4.85. The van der Waals surface area contributed by atoms with Gasteiger partial charge in [-0.2, -0.15) is 23.0 Å². The maximum Gasteiger partial charge on any atom is 0.422 e. The zero-order chi connectivity index (χ0) is 23.4. The predicted molar refractivity (Wildman–Crippen MR) is 94.1 cm³/mol. The number of alkyl halides is 3. The number of aryl methyl sites for hydroxylation is 3. The van der Waals surface area contributed by atoms with Crippen LogP contribution in [0.25, 0.3) is 5.69 Å². The number of aromatic hydroxyl groups is 1. The van der Waals surface area contributed by atoms with Crippen molar-refractivity contribution in [1.29, 1.82) is 0 Å². The van der Waals surface area contributed by atoms with Gasteiger partial charge in [0.2, 0.25) is 11.7 Å². The van der Waals surface area contributed by atoms with E-state index in [1.807, 2.05) is 0 Å². The summed E-state index contributed by atoms with van der Waals surface area (Å²) in [7, 11) is 0. The van der Waals surface area contributed by atoms with Crippen molar-refractivity contribution in [3.63, 3.8) is 0 Å². The van der Waals surface area contributed by atoms with Crippen LogP contribution in [0.3, 0.4) is 0 Å². The van der Waals surface area contributed by atoms with Crippen molar-refractivity contribution < 1.29 is 60.1 Å². The van der Waals surface area contributed by atoms with E-state index in [-0.39, 0.29) is 35.4 Å². The molecule has 0 aliphatic heterocycles. The van der Waals surface area contributed by atoms with Gasteiger partial charge in [0.15, 0.2) is 23.3 Å². The average molecular weight is 512 g/mol. The molecule has 32 heavy (non-hydrogen) atoms. The van der Waals surface area contributed by atoms with E-state index in [2.05, 4.69) is 5.10 Å². The molecule has 1 N–H and O–H groups in total. The molecule has 3 aromatic rings. The first-order valence-electron chi connectivity index (χ1n) is 8.62. The Hall–Kier alpha value is -2.75. The van der Waals surface area contributed by atoms with E-state index in [9.17, 15) is 40.6 Å². The molecule has 0 fully saturated rings. The minimum atomic E-state index is -5.72. The van der Waals surface area contributed by atoms with Gasteiger partial charge in [0.25, 0.3) is 0 Å². The van der Waals surface area contributed by atoms with E-state index >= 15 is 0 Å². The summed E-state index contributed by atoms with van der Waals surface area (Å²) in [5.74, 6) is -12.3. The first-order chi connectivity index (χ1) is 14.3. The number of hydrogen-bond acceptors (Lipinski definition) is 3. The largest absolute Gasteiger partial charge is 0.493 e. The molecule has 12 heteroatoms. The minimum Gasteiger partial charge on any atom is -0.493 e. The van der Waals surface area contributed by atoms with Crippen LogP contribution in [0.2, 0.25) is 0 Å². The number of hydrogen-bond donors (Lipinski definition) is 1. The van der Waals surface area contributed by atoms with Crippen LogP contribution in [0.15, 0.2) is 18.2 Å². The van der Waals surface area contributed by atoms with E-state index in [1.54, 1.807) is 32.0 Å². The van der Waals surface area contributed by atoms with Gasteiger partial charge in [0, 0.05) is 25.0 Å². The third-order valence-corrected chi connectivity index (χ3v) is 4.71.